The van der Waals surface area contributed by atoms with E-state index < -0.39 is 5.97 Å². The van der Waals surface area contributed by atoms with E-state index in [1.807, 2.05) is 18.2 Å². The minimum atomic E-state index is -0.929. The summed E-state index contributed by atoms with van der Waals surface area (Å²) in [6.07, 6.45) is 19.9. The standard InChI is InChI=1S/C23H35NO2/c1-2-3-4-5-6-7-8-9-10-13-20-24-22-18-16-21(17-19-22)14-11-12-15-23(25)26/h11-12,14-19,24H,2-10,13,20H2,1H3,(H,25,26). The molecule has 0 fully saturated rings. The second kappa shape index (κ2) is 15.2. The lowest BCUT2D eigenvalue weighted by atomic mass is 10.1. The van der Waals surface area contributed by atoms with Crippen LogP contribution in [0.4, 0.5) is 5.69 Å². The van der Waals surface area contributed by atoms with Gasteiger partial charge in [-0.1, -0.05) is 95.1 Å². The Labute approximate surface area is 159 Å². The SMILES string of the molecule is CCCCCCCCCCCCNc1ccc(C=CC=CC(=O)O)cc1. The van der Waals surface area contributed by atoms with Gasteiger partial charge in [0, 0.05) is 18.3 Å². The highest BCUT2D eigenvalue weighted by atomic mass is 16.4. The molecule has 26 heavy (non-hydrogen) atoms. The average molecular weight is 358 g/mol. The number of aliphatic carboxylic acids is 1. The van der Waals surface area contributed by atoms with Gasteiger partial charge in [0.05, 0.1) is 0 Å². The number of carbonyl (C=O) groups is 1. The Balaban J connectivity index is 2.05. The molecule has 0 bridgehead atoms. The molecule has 0 aliphatic heterocycles. The van der Waals surface area contributed by atoms with Crippen LogP contribution in [0.3, 0.4) is 0 Å². The fourth-order valence-corrected chi connectivity index (χ4v) is 2.86. The van der Waals surface area contributed by atoms with Crippen LogP contribution in [0.5, 0.6) is 0 Å². The van der Waals surface area contributed by atoms with E-state index in [9.17, 15) is 4.79 Å². The van der Waals surface area contributed by atoms with Gasteiger partial charge in [0.25, 0.3) is 0 Å². The van der Waals surface area contributed by atoms with Crippen LogP contribution in [0.2, 0.25) is 0 Å². The lowest BCUT2D eigenvalue weighted by Crippen LogP contribution is -2.01. The summed E-state index contributed by atoms with van der Waals surface area (Å²) in [6.45, 7) is 3.29. The number of hydrogen-bond donors (Lipinski definition) is 2. The molecule has 0 aromatic heterocycles. The summed E-state index contributed by atoms with van der Waals surface area (Å²) in [5, 5.41) is 12.0. The van der Waals surface area contributed by atoms with Gasteiger partial charge >= 0.3 is 5.97 Å². The largest absolute Gasteiger partial charge is 0.478 e. The minimum absolute atomic E-state index is 0.929. The summed E-state index contributed by atoms with van der Waals surface area (Å²) in [7, 11) is 0. The van der Waals surface area contributed by atoms with Crippen LogP contribution in [-0.2, 0) is 4.79 Å². The van der Waals surface area contributed by atoms with Gasteiger partial charge in [-0.05, 0) is 24.1 Å². The molecule has 0 spiro atoms. The molecule has 0 radical (unpaired) electrons. The number of anilines is 1. The molecule has 1 aromatic carbocycles. The molecule has 0 saturated heterocycles. The summed E-state index contributed by atoms with van der Waals surface area (Å²) < 4.78 is 0. The van der Waals surface area contributed by atoms with Crippen LogP contribution in [0.15, 0.2) is 42.5 Å². The van der Waals surface area contributed by atoms with Gasteiger partial charge in [-0.15, -0.1) is 0 Å². The number of rotatable bonds is 15. The van der Waals surface area contributed by atoms with Crippen LogP contribution in [0.1, 0.15) is 76.7 Å². The third-order valence-electron chi connectivity index (χ3n) is 4.41. The van der Waals surface area contributed by atoms with Crippen molar-refractivity contribution in [3.8, 4) is 0 Å². The topological polar surface area (TPSA) is 49.3 Å². The van der Waals surface area contributed by atoms with E-state index in [2.05, 4.69) is 24.4 Å². The molecule has 0 amide bonds. The highest BCUT2D eigenvalue weighted by Crippen LogP contribution is 2.13. The zero-order chi connectivity index (χ0) is 18.9. The second-order valence-corrected chi connectivity index (χ2v) is 6.79. The van der Waals surface area contributed by atoms with Crippen molar-refractivity contribution in [3.05, 3.63) is 48.1 Å². The fourth-order valence-electron chi connectivity index (χ4n) is 2.86. The van der Waals surface area contributed by atoms with Gasteiger partial charge in [0.15, 0.2) is 0 Å². The first-order valence-corrected chi connectivity index (χ1v) is 10.1. The van der Waals surface area contributed by atoms with Crippen LogP contribution in [0, 0.1) is 0 Å². The van der Waals surface area contributed by atoms with E-state index in [1.54, 1.807) is 6.08 Å². The lowest BCUT2D eigenvalue weighted by molar-refractivity contribution is -0.131. The monoisotopic (exact) mass is 357 g/mol. The zero-order valence-corrected chi connectivity index (χ0v) is 16.3. The third kappa shape index (κ3) is 12.3. The van der Waals surface area contributed by atoms with Crippen molar-refractivity contribution >= 4 is 17.7 Å². The van der Waals surface area contributed by atoms with Crippen molar-refractivity contribution in [1.29, 1.82) is 0 Å². The van der Waals surface area contributed by atoms with E-state index in [-0.39, 0.29) is 0 Å². The maximum atomic E-state index is 10.4. The molecule has 0 aliphatic rings. The molecule has 0 unspecified atom stereocenters. The predicted octanol–water partition coefficient (Wildman–Crippen LogP) is 6.67. The Morgan fingerprint density at radius 3 is 2.04 bits per heavy atom. The quantitative estimate of drug-likeness (QED) is 0.209. The minimum Gasteiger partial charge on any atom is -0.478 e. The molecule has 1 aromatic rings. The van der Waals surface area contributed by atoms with Crippen LogP contribution in [-0.4, -0.2) is 17.6 Å². The first-order chi connectivity index (χ1) is 12.7. The fraction of sp³-hybridized carbons (Fsp3) is 0.522. The number of nitrogens with one attached hydrogen (secondary N) is 1. The molecular formula is C23H35NO2. The normalized spacial score (nSPS) is 11.4. The van der Waals surface area contributed by atoms with Crippen molar-refractivity contribution in [2.24, 2.45) is 0 Å². The van der Waals surface area contributed by atoms with E-state index in [4.69, 9.17) is 5.11 Å². The van der Waals surface area contributed by atoms with Crippen LogP contribution >= 0.6 is 0 Å². The van der Waals surface area contributed by atoms with Crippen molar-refractivity contribution in [3.63, 3.8) is 0 Å². The summed E-state index contributed by atoms with van der Waals surface area (Å²) in [5.74, 6) is -0.929. The van der Waals surface area contributed by atoms with Crippen molar-refractivity contribution < 1.29 is 9.90 Å². The molecule has 0 aliphatic carbocycles. The van der Waals surface area contributed by atoms with E-state index >= 15 is 0 Å². The molecule has 1 rings (SSSR count). The van der Waals surface area contributed by atoms with Crippen molar-refractivity contribution in [2.75, 3.05) is 11.9 Å². The average Bonchev–Trinajstić information content (AvgIpc) is 2.64. The smallest absolute Gasteiger partial charge is 0.328 e. The third-order valence-corrected chi connectivity index (χ3v) is 4.41. The molecular weight excluding hydrogens is 322 g/mol. The summed E-state index contributed by atoms with van der Waals surface area (Å²) in [5.41, 5.74) is 2.20. The Morgan fingerprint density at radius 1 is 0.885 bits per heavy atom. The Hall–Kier alpha value is -2.03. The van der Waals surface area contributed by atoms with E-state index in [1.165, 1.54) is 70.3 Å². The van der Waals surface area contributed by atoms with Crippen molar-refractivity contribution in [1.82, 2.24) is 0 Å². The number of unbranched alkanes of at least 4 members (excludes halogenated alkanes) is 9. The van der Waals surface area contributed by atoms with Gasteiger partial charge in [-0.25, -0.2) is 4.79 Å². The Kier molecular flexibility index (Phi) is 12.9. The van der Waals surface area contributed by atoms with E-state index in [0.29, 0.717) is 0 Å². The number of carboxylic acid groups (broad SMARTS) is 1. The van der Waals surface area contributed by atoms with Gasteiger partial charge in [-0.2, -0.15) is 0 Å². The van der Waals surface area contributed by atoms with E-state index in [0.717, 1.165) is 23.9 Å². The van der Waals surface area contributed by atoms with Gasteiger partial charge < -0.3 is 10.4 Å². The molecule has 144 valence electrons. The number of allylic oxidation sites excluding steroid dienone is 2. The maximum Gasteiger partial charge on any atom is 0.328 e. The first-order valence-electron chi connectivity index (χ1n) is 10.1. The van der Waals surface area contributed by atoms with Crippen LogP contribution < -0.4 is 5.32 Å². The molecule has 3 nitrogen and oxygen atoms in total. The van der Waals surface area contributed by atoms with Gasteiger partial charge in [0.1, 0.15) is 0 Å². The highest BCUT2D eigenvalue weighted by molar-refractivity contribution is 5.80. The Morgan fingerprint density at radius 2 is 1.46 bits per heavy atom. The Bertz CT molecular complexity index is 532. The second-order valence-electron chi connectivity index (χ2n) is 6.79. The zero-order valence-electron chi connectivity index (χ0n) is 16.3. The van der Waals surface area contributed by atoms with Crippen molar-refractivity contribution in [2.45, 2.75) is 71.1 Å². The van der Waals surface area contributed by atoms with Crippen LogP contribution in [0.25, 0.3) is 6.08 Å². The molecule has 2 N–H and O–H groups in total. The maximum absolute atomic E-state index is 10.4. The first kappa shape index (κ1) is 22.0. The van der Waals surface area contributed by atoms with Gasteiger partial charge in [0.2, 0.25) is 0 Å². The lowest BCUT2D eigenvalue weighted by Gasteiger charge is -2.07. The molecule has 0 heterocycles. The highest BCUT2D eigenvalue weighted by Gasteiger charge is 1.94. The predicted molar refractivity (Wildman–Crippen MR) is 113 cm³/mol. The summed E-state index contributed by atoms with van der Waals surface area (Å²) in [4.78, 5) is 10.4. The number of carboxylic acids is 1. The molecule has 0 atom stereocenters. The van der Waals surface area contributed by atoms with Gasteiger partial charge in [-0.3, -0.25) is 0 Å². The number of benzene rings is 1. The summed E-state index contributed by atoms with van der Waals surface area (Å²) in [6, 6.07) is 8.20. The molecule has 0 saturated carbocycles. The summed E-state index contributed by atoms with van der Waals surface area (Å²) >= 11 is 0. The molecule has 3 heteroatoms. The number of hydrogen-bond acceptors (Lipinski definition) is 2.